The van der Waals surface area contributed by atoms with Gasteiger partial charge in [0.25, 0.3) is 0 Å². The van der Waals surface area contributed by atoms with Crippen LogP contribution in [0, 0.1) is 18.6 Å². The van der Waals surface area contributed by atoms with Gasteiger partial charge in [0.05, 0.1) is 18.7 Å². The third-order valence-corrected chi connectivity index (χ3v) is 6.47. The molecular weight excluding hydrogens is 468 g/mol. The van der Waals surface area contributed by atoms with Gasteiger partial charge in [0.2, 0.25) is 17.7 Å². The predicted octanol–water partition coefficient (Wildman–Crippen LogP) is 5.73. The van der Waals surface area contributed by atoms with Crippen molar-refractivity contribution in [2.45, 2.75) is 38.6 Å². The number of aryl methyl sites for hydroxylation is 1. The summed E-state index contributed by atoms with van der Waals surface area (Å²) >= 11 is 3.49. The van der Waals surface area contributed by atoms with Crippen LogP contribution in [0.4, 0.5) is 14.5 Å². The maximum atomic E-state index is 15.0. The smallest absolute Gasteiger partial charge is 0.245 e. The van der Waals surface area contributed by atoms with Gasteiger partial charge in [-0.2, -0.15) is 0 Å². The summed E-state index contributed by atoms with van der Waals surface area (Å²) in [5.74, 6) is -0.0985. The highest BCUT2D eigenvalue weighted by Gasteiger charge is 2.34. The lowest BCUT2D eigenvalue weighted by atomic mass is 10.1. The number of benzene rings is 2. The number of anilines is 1. The third-order valence-electron chi connectivity index (χ3n) is 5.60. The molecule has 5 rings (SSSR count). The second kappa shape index (κ2) is 7.67. The Morgan fingerprint density at radius 3 is 2.71 bits per heavy atom. The van der Waals surface area contributed by atoms with Crippen LogP contribution in [0.25, 0.3) is 10.1 Å². The molecule has 158 valence electrons. The monoisotopic (exact) mass is 485 g/mol. The quantitative estimate of drug-likeness (QED) is 0.473. The second-order valence-electron chi connectivity index (χ2n) is 7.89. The van der Waals surface area contributed by atoms with Gasteiger partial charge in [-0.1, -0.05) is 18.2 Å². The lowest BCUT2D eigenvalue weighted by Crippen LogP contribution is -2.30. The molecule has 5 nitrogen and oxygen atoms in total. The third kappa shape index (κ3) is 3.69. The molecule has 0 spiro atoms. The first-order chi connectivity index (χ1) is 14.9. The molecule has 2 heterocycles. The number of nitrogens with zero attached hydrogens (tertiary/aromatic N) is 3. The molecule has 1 saturated carbocycles. The molecule has 0 unspecified atom stereocenters. The lowest BCUT2D eigenvalue weighted by Gasteiger charge is -2.23. The zero-order chi connectivity index (χ0) is 21.7. The molecule has 0 radical (unpaired) electrons. The number of carbonyl (C=O) groups excluding carboxylic acids is 1. The average molecular weight is 486 g/mol. The largest absolute Gasteiger partial charge is 0.421 e. The zero-order valence-electron chi connectivity index (χ0n) is 16.7. The molecule has 0 saturated heterocycles. The van der Waals surface area contributed by atoms with E-state index >= 15 is 0 Å². The van der Waals surface area contributed by atoms with Gasteiger partial charge in [-0.05, 0) is 65.0 Å². The van der Waals surface area contributed by atoms with Gasteiger partial charge < -0.3 is 9.32 Å². The Labute approximate surface area is 185 Å². The number of carbonyl (C=O) groups is 1. The van der Waals surface area contributed by atoms with Crippen molar-refractivity contribution in [1.29, 1.82) is 0 Å². The maximum absolute atomic E-state index is 15.0. The van der Waals surface area contributed by atoms with E-state index in [0.717, 1.165) is 12.8 Å². The first-order valence-corrected chi connectivity index (χ1v) is 10.8. The molecule has 0 N–H and O–H groups in total. The summed E-state index contributed by atoms with van der Waals surface area (Å²) in [5, 5.41) is 8.21. The Morgan fingerprint density at radius 2 is 1.97 bits per heavy atom. The summed E-state index contributed by atoms with van der Waals surface area (Å²) < 4.78 is 35.3. The van der Waals surface area contributed by atoms with Crippen LogP contribution in [-0.2, 0) is 11.3 Å². The van der Waals surface area contributed by atoms with Gasteiger partial charge >= 0.3 is 0 Å². The van der Waals surface area contributed by atoms with Gasteiger partial charge in [-0.25, -0.2) is 8.78 Å². The summed E-state index contributed by atoms with van der Waals surface area (Å²) in [4.78, 5) is 14.8. The average Bonchev–Trinajstić information content (AvgIpc) is 3.50. The summed E-state index contributed by atoms with van der Waals surface area (Å²) in [7, 11) is 0. The molecule has 2 aromatic carbocycles. The van der Waals surface area contributed by atoms with Crippen molar-refractivity contribution in [3.05, 3.63) is 76.5 Å². The second-order valence-corrected chi connectivity index (χ2v) is 8.68. The summed E-state index contributed by atoms with van der Waals surface area (Å²) in [6, 6.07) is 9.38. The van der Waals surface area contributed by atoms with Crippen LogP contribution in [0.2, 0.25) is 0 Å². The standard InChI is InChI=1S/C23H18BrF2N3O2/c1-12-5-6-13(9-17(12)26)11-29-18-4-2-3-16(25)20(18)21(24)15(10-19(29)30)23-28-27-22(31-23)14-7-8-14/h2-6,9,14H,7-8,10-11H2,1H3. The number of fused-ring (bicyclic) bond motifs is 1. The Kier molecular flexibility index (Phi) is 4.97. The van der Waals surface area contributed by atoms with E-state index < -0.39 is 5.82 Å². The fourth-order valence-electron chi connectivity index (χ4n) is 3.68. The van der Waals surface area contributed by atoms with Crippen LogP contribution in [0.1, 0.15) is 53.7 Å². The van der Waals surface area contributed by atoms with Crippen LogP contribution in [0.5, 0.6) is 0 Å². The molecule has 1 aromatic heterocycles. The molecule has 1 aliphatic carbocycles. The molecule has 3 aromatic rings. The topological polar surface area (TPSA) is 59.2 Å². The molecule has 0 bridgehead atoms. The van der Waals surface area contributed by atoms with Crippen molar-refractivity contribution < 1.29 is 18.0 Å². The van der Waals surface area contributed by atoms with E-state index in [1.807, 2.05) is 0 Å². The normalized spacial score (nSPS) is 16.5. The van der Waals surface area contributed by atoms with E-state index in [9.17, 15) is 13.6 Å². The minimum Gasteiger partial charge on any atom is -0.421 e. The Morgan fingerprint density at radius 1 is 1.16 bits per heavy atom. The van der Waals surface area contributed by atoms with E-state index in [1.165, 1.54) is 17.0 Å². The molecule has 1 amide bonds. The number of hydrogen-bond acceptors (Lipinski definition) is 4. The summed E-state index contributed by atoms with van der Waals surface area (Å²) in [5.41, 5.74) is 2.21. The van der Waals surface area contributed by atoms with Crippen molar-refractivity contribution in [3.8, 4) is 0 Å². The lowest BCUT2D eigenvalue weighted by molar-refractivity contribution is -0.117. The number of hydrogen-bond donors (Lipinski definition) is 0. The van der Waals surface area contributed by atoms with Crippen molar-refractivity contribution in [1.82, 2.24) is 10.2 Å². The van der Waals surface area contributed by atoms with Crippen molar-refractivity contribution >= 4 is 37.6 Å². The molecule has 2 aliphatic rings. The van der Waals surface area contributed by atoms with Gasteiger partial charge in [0.15, 0.2) is 0 Å². The molecule has 31 heavy (non-hydrogen) atoms. The number of rotatable bonds is 4. The fraction of sp³-hybridized carbons (Fsp3) is 0.261. The fourth-order valence-corrected chi connectivity index (χ4v) is 4.38. The van der Waals surface area contributed by atoms with E-state index in [-0.39, 0.29) is 42.1 Å². The van der Waals surface area contributed by atoms with E-state index in [1.54, 1.807) is 31.2 Å². The van der Waals surface area contributed by atoms with Crippen LogP contribution < -0.4 is 4.90 Å². The van der Waals surface area contributed by atoms with Crippen LogP contribution in [0.3, 0.4) is 0 Å². The summed E-state index contributed by atoms with van der Waals surface area (Å²) in [6.45, 7) is 1.78. The minimum absolute atomic E-state index is 0.0602. The molecular formula is C23H18BrF2N3O2. The SMILES string of the molecule is Cc1ccc(CN2C(=O)CC(c3nnc(C4CC4)o3)=C(Br)c3c(F)cccc32)cc1F. The number of aromatic nitrogens is 2. The van der Waals surface area contributed by atoms with E-state index in [2.05, 4.69) is 26.1 Å². The first kappa shape index (κ1) is 20.1. The van der Waals surface area contributed by atoms with Crippen LogP contribution >= 0.6 is 15.9 Å². The van der Waals surface area contributed by atoms with Gasteiger partial charge in [-0.15, -0.1) is 10.2 Å². The first-order valence-electron chi connectivity index (χ1n) is 9.99. The highest BCUT2D eigenvalue weighted by atomic mass is 79.9. The predicted molar refractivity (Wildman–Crippen MR) is 115 cm³/mol. The highest BCUT2D eigenvalue weighted by Crippen LogP contribution is 2.44. The van der Waals surface area contributed by atoms with Crippen molar-refractivity contribution in [2.75, 3.05) is 4.90 Å². The van der Waals surface area contributed by atoms with E-state index in [4.69, 9.17) is 4.42 Å². The Balaban J connectivity index is 1.58. The number of halogens is 3. The van der Waals surface area contributed by atoms with E-state index in [0.29, 0.717) is 32.8 Å². The van der Waals surface area contributed by atoms with Gasteiger partial charge in [0, 0.05) is 21.5 Å². The van der Waals surface area contributed by atoms with Crippen molar-refractivity contribution in [3.63, 3.8) is 0 Å². The van der Waals surface area contributed by atoms with Crippen LogP contribution in [0.15, 0.2) is 40.8 Å². The number of amides is 1. The highest BCUT2D eigenvalue weighted by molar-refractivity contribution is 9.15. The summed E-state index contributed by atoms with van der Waals surface area (Å²) in [6.07, 6.45) is 1.94. The van der Waals surface area contributed by atoms with Crippen LogP contribution in [-0.4, -0.2) is 16.1 Å². The maximum Gasteiger partial charge on any atom is 0.245 e. The Bertz CT molecular complexity index is 1230. The van der Waals surface area contributed by atoms with Gasteiger partial charge in [0.1, 0.15) is 11.6 Å². The molecule has 0 atom stereocenters. The molecule has 8 heteroatoms. The van der Waals surface area contributed by atoms with Gasteiger partial charge in [-0.3, -0.25) is 4.79 Å². The molecule has 1 fully saturated rings. The minimum atomic E-state index is -0.487. The van der Waals surface area contributed by atoms with Crippen molar-refractivity contribution in [2.24, 2.45) is 0 Å². The Hall–Kier alpha value is -2.87. The zero-order valence-corrected chi connectivity index (χ0v) is 18.2. The molecule has 1 aliphatic heterocycles.